The van der Waals surface area contributed by atoms with Crippen molar-refractivity contribution in [3.63, 3.8) is 0 Å². The lowest BCUT2D eigenvalue weighted by Gasteiger charge is -2.26. The number of benzene rings is 1. The van der Waals surface area contributed by atoms with Crippen LogP contribution in [0.3, 0.4) is 0 Å². The van der Waals surface area contributed by atoms with Gasteiger partial charge in [-0.25, -0.2) is 0 Å². The monoisotopic (exact) mass is 231 g/mol. The van der Waals surface area contributed by atoms with Crippen LogP contribution in [0.15, 0.2) is 24.3 Å². The van der Waals surface area contributed by atoms with Crippen LogP contribution in [0.25, 0.3) is 0 Å². The van der Waals surface area contributed by atoms with Gasteiger partial charge in [-0.3, -0.25) is 0 Å². The Labute approximate surface area is 106 Å². The van der Waals surface area contributed by atoms with Crippen molar-refractivity contribution in [2.75, 3.05) is 0 Å². The van der Waals surface area contributed by atoms with Crippen LogP contribution in [0.4, 0.5) is 0 Å². The summed E-state index contributed by atoms with van der Waals surface area (Å²) in [6.07, 6.45) is 5.22. The molecule has 1 aliphatic rings. The Morgan fingerprint density at radius 2 is 1.88 bits per heavy atom. The summed E-state index contributed by atoms with van der Waals surface area (Å²) >= 11 is 0. The molecule has 1 aromatic rings. The van der Waals surface area contributed by atoms with E-state index in [1.165, 1.54) is 31.2 Å². The summed E-state index contributed by atoms with van der Waals surface area (Å²) in [7, 11) is 0. The minimum Gasteiger partial charge on any atom is -0.307 e. The first-order chi connectivity index (χ1) is 8.18. The molecule has 0 bridgehead atoms. The van der Waals surface area contributed by atoms with E-state index in [1.54, 1.807) is 5.56 Å². The van der Waals surface area contributed by atoms with Crippen LogP contribution in [0.5, 0.6) is 0 Å². The normalized spacial score (nSPS) is 22.0. The van der Waals surface area contributed by atoms with Crippen LogP contribution in [0.1, 0.15) is 57.2 Å². The molecule has 1 nitrogen and oxygen atoms in total. The Bertz CT molecular complexity index is 356. The lowest BCUT2D eigenvalue weighted by Crippen LogP contribution is -2.34. The van der Waals surface area contributed by atoms with Crippen LogP contribution in [0.2, 0.25) is 0 Å². The number of rotatable bonds is 3. The quantitative estimate of drug-likeness (QED) is 0.773. The molecule has 94 valence electrons. The molecule has 17 heavy (non-hydrogen) atoms. The molecule has 0 aromatic heterocycles. The molecule has 2 atom stereocenters. The van der Waals surface area contributed by atoms with Gasteiger partial charge in [0.2, 0.25) is 0 Å². The lowest BCUT2D eigenvalue weighted by molar-refractivity contribution is 0.362. The largest absolute Gasteiger partial charge is 0.307 e. The van der Waals surface area contributed by atoms with E-state index < -0.39 is 0 Å². The molecular weight excluding hydrogens is 206 g/mol. The molecule has 1 aromatic carbocycles. The number of fused-ring (bicyclic) bond motifs is 1. The second-order valence-corrected chi connectivity index (χ2v) is 5.70. The first kappa shape index (κ1) is 12.6. The van der Waals surface area contributed by atoms with Gasteiger partial charge in [-0.1, -0.05) is 44.5 Å². The fourth-order valence-electron chi connectivity index (χ4n) is 2.60. The molecule has 2 rings (SSSR count). The van der Waals surface area contributed by atoms with E-state index in [-0.39, 0.29) is 0 Å². The molecule has 0 saturated heterocycles. The van der Waals surface area contributed by atoms with Crippen LogP contribution in [0, 0.1) is 5.92 Å². The molecule has 0 aliphatic heterocycles. The lowest BCUT2D eigenvalue weighted by atomic mass is 9.97. The van der Waals surface area contributed by atoms with Crippen LogP contribution in [-0.4, -0.2) is 6.04 Å². The molecule has 1 N–H and O–H groups in total. The molecular formula is C16H25N. The van der Waals surface area contributed by atoms with Gasteiger partial charge in [0.1, 0.15) is 0 Å². The zero-order chi connectivity index (χ0) is 12.3. The number of nitrogens with one attached hydrogen (secondary N) is 1. The van der Waals surface area contributed by atoms with E-state index in [4.69, 9.17) is 0 Å². The molecule has 0 fully saturated rings. The second-order valence-electron chi connectivity index (χ2n) is 5.70. The minimum atomic E-state index is 0.561. The summed E-state index contributed by atoms with van der Waals surface area (Å²) in [6.45, 7) is 6.89. The van der Waals surface area contributed by atoms with Crippen molar-refractivity contribution in [3.8, 4) is 0 Å². The number of hydrogen-bond acceptors (Lipinski definition) is 1. The maximum atomic E-state index is 3.81. The van der Waals surface area contributed by atoms with Gasteiger partial charge in [-0.05, 0) is 43.2 Å². The summed E-state index contributed by atoms with van der Waals surface area (Å²) in [5, 5.41) is 3.81. The van der Waals surface area contributed by atoms with Gasteiger partial charge in [0.05, 0.1) is 0 Å². The number of hydrogen-bond donors (Lipinski definition) is 1. The summed E-state index contributed by atoms with van der Waals surface area (Å²) in [5.74, 6) is 0.699. The van der Waals surface area contributed by atoms with E-state index in [0.29, 0.717) is 18.0 Å². The zero-order valence-electron chi connectivity index (χ0n) is 11.4. The third-order valence-corrected chi connectivity index (χ3v) is 4.08. The average Bonchev–Trinajstić information content (AvgIpc) is 2.52. The predicted molar refractivity (Wildman–Crippen MR) is 74.2 cm³/mol. The fourth-order valence-corrected chi connectivity index (χ4v) is 2.60. The minimum absolute atomic E-state index is 0.561. The van der Waals surface area contributed by atoms with Crippen molar-refractivity contribution in [2.24, 2.45) is 5.92 Å². The van der Waals surface area contributed by atoms with E-state index in [9.17, 15) is 0 Å². The Kier molecular flexibility index (Phi) is 4.22. The van der Waals surface area contributed by atoms with Crippen molar-refractivity contribution in [3.05, 3.63) is 35.4 Å². The van der Waals surface area contributed by atoms with E-state index >= 15 is 0 Å². The molecule has 0 radical (unpaired) electrons. The van der Waals surface area contributed by atoms with Gasteiger partial charge >= 0.3 is 0 Å². The first-order valence-electron chi connectivity index (χ1n) is 7.02. The fraction of sp³-hybridized carbons (Fsp3) is 0.625. The molecule has 2 unspecified atom stereocenters. The van der Waals surface area contributed by atoms with E-state index in [2.05, 4.69) is 50.4 Å². The first-order valence-corrected chi connectivity index (χ1v) is 7.02. The third-order valence-electron chi connectivity index (χ3n) is 4.08. The van der Waals surface area contributed by atoms with Gasteiger partial charge in [-0.2, -0.15) is 0 Å². The summed E-state index contributed by atoms with van der Waals surface area (Å²) in [5.41, 5.74) is 3.09. The molecule has 1 heteroatoms. The van der Waals surface area contributed by atoms with Gasteiger partial charge in [0, 0.05) is 12.1 Å². The van der Waals surface area contributed by atoms with E-state index in [0.717, 1.165) is 0 Å². The Hall–Kier alpha value is -0.820. The molecule has 0 spiro atoms. The average molecular weight is 231 g/mol. The smallest absolute Gasteiger partial charge is 0.0325 e. The maximum absolute atomic E-state index is 3.81. The molecule has 0 saturated carbocycles. The van der Waals surface area contributed by atoms with Crippen molar-refractivity contribution in [2.45, 2.75) is 58.5 Å². The van der Waals surface area contributed by atoms with Crippen LogP contribution >= 0.6 is 0 Å². The van der Waals surface area contributed by atoms with Crippen LogP contribution < -0.4 is 5.32 Å². The molecule has 0 amide bonds. The van der Waals surface area contributed by atoms with Crippen molar-refractivity contribution in [1.29, 1.82) is 0 Å². The molecule has 1 aliphatic carbocycles. The zero-order valence-corrected chi connectivity index (χ0v) is 11.4. The highest BCUT2D eigenvalue weighted by Gasteiger charge is 2.20. The summed E-state index contributed by atoms with van der Waals surface area (Å²) in [6, 6.07) is 10.1. The topological polar surface area (TPSA) is 12.0 Å². The third kappa shape index (κ3) is 3.10. The summed E-state index contributed by atoms with van der Waals surface area (Å²) < 4.78 is 0. The summed E-state index contributed by atoms with van der Waals surface area (Å²) in [4.78, 5) is 0. The Balaban J connectivity index is 2.17. The van der Waals surface area contributed by atoms with Crippen molar-refractivity contribution < 1.29 is 0 Å². The van der Waals surface area contributed by atoms with Crippen LogP contribution in [-0.2, 0) is 6.42 Å². The van der Waals surface area contributed by atoms with Gasteiger partial charge in [0.15, 0.2) is 0 Å². The van der Waals surface area contributed by atoms with Crippen molar-refractivity contribution >= 4 is 0 Å². The highest BCUT2D eigenvalue weighted by molar-refractivity contribution is 5.31. The van der Waals surface area contributed by atoms with Gasteiger partial charge < -0.3 is 5.32 Å². The highest BCUT2D eigenvalue weighted by atomic mass is 14.9. The van der Waals surface area contributed by atoms with Crippen molar-refractivity contribution in [1.82, 2.24) is 5.32 Å². The van der Waals surface area contributed by atoms with E-state index in [1.807, 2.05) is 0 Å². The predicted octanol–water partition coefficient (Wildman–Crippen LogP) is 4.09. The number of aryl methyl sites for hydroxylation is 1. The Morgan fingerprint density at radius 3 is 2.65 bits per heavy atom. The van der Waals surface area contributed by atoms with Gasteiger partial charge in [0.25, 0.3) is 0 Å². The SMILES string of the molecule is CC(C)C(C)NC1CCCCc2ccccc21. The molecule has 0 heterocycles. The van der Waals surface area contributed by atoms with Gasteiger partial charge in [-0.15, -0.1) is 0 Å². The standard InChI is InChI=1S/C16H25N/c1-12(2)13(3)17-16-11-7-5-9-14-8-4-6-10-15(14)16/h4,6,8,10,12-13,16-17H,5,7,9,11H2,1-3H3. The Morgan fingerprint density at radius 1 is 1.12 bits per heavy atom. The second kappa shape index (κ2) is 5.68. The highest BCUT2D eigenvalue weighted by Crippen LogP contribution is 2.29. The maximum Gasteiger partial charge on any atom is 0.0325 e.